The molecule has 0 aliphatic carbocycles. The number of carbonyl (C=O) groups is 3. The highest BCUT2D eigenvalue weighted by Crippen LogP contribution is 2.51. The maximum atomic E-state index is 12.9. The summed E-state index contributed by atoms with van der Waals surface area (Å²) < 4.78 is 38.8. The molecule has 2 aliphatic heterocycles. The van der Waals surface area contributed by atoms with Crippen molar-refractivity contribution in [3.63, 3.8) is 0 Å². The van der Waals surface area contributed by atoms with E-state index in [2.05, 4.69) is 10.1 Å². The number of phosphoric acid groups is 1. The Hall–Kier alpha value is -3.01. The van der Waals surface area contributed by atoms with Crippen LogP contribution in [-0.4, -0.2) is 126 Å². The topological polar surface area (TPSA) is 316 Å². The van der Waals surface area contributed by atoms with Crippen LogP contribution in [-0.2, 0) is 42.2 Å². The monoisotopic (exact) mass is 655 g/mol. The number of esters is 1. The molecule has 0 spiro atoms. The Bertz CT molecular complexity index is 1330. The zero-order valence-electron chi connectivity index (χ0n) is 23.2. The number of carboxylic acids is 1. The number of hydrogen-bond acceptors (Lipinski definition) is 16. The highest BCUT2D eigenvalue weighted by Gasteiger charge is 2.59. The van der Waals surface area contributed by atoms with Crippen LogP contribution in [0.25, 0.3) is 0 Å². The summed E-state index contributed by atoms with van der Waals surface area (Å²) in [5, 5.41) is 64.6. The van der Waals surface area contributed by atoms with Crippen LogP contribution in [0.2, 0.25) is 0 Å². The number of aliphatic hydroxyl groups is 5. The molecule has 1 aromatic rings. The van der Waals surface area contributed by atoms with Crippen LogP contribution >= 0.6 is 7.82 Å². The quantitative estimate of drug-likeness (QED) is 0.0763. The predicted octanol–water partition coefficient (Wildman–Crippen LogP) is -4.10. The van der Waals surface area contributed by atoms with Gasteiger partial charge in [0.05, 0.1) is 18.8 Å². The van der Waals surface area contributed by atoms with Gasteiger partial charge in [-0.15, -0.1) is 0 Å². The summed E-state index contributed by atoms with van der Waals surface area (Å²) in [6, 6.07) is 0.729. The first-order valence-electron chi connectivity index (χ1n) is 12.9. The molecule has 0 aromatic carbocycles. The van der Waals surface area contributed by atoms with Crippen molar-refractivity contribution in [2.24, 2.45) is 0 Å². The minimum absolute atomic E-state index is 0.108. The van der Waals surface area contributed by atoms with Crippen LogP contribution < -0.4 is 16.6 Å². The summed E-state index contributed by atoms with van der Waals surface area (Å²) in [4.78, 5) is 57.8. The molecule has 1 amide bonds. The Labute approximate surface area is 248 Å². The van der Waals surface area contributed by atoms with E-state index in [0.717, 1.165) is 24.5 Å². The number of hydrogen-bond donors (Lipinski definition) is 9. The molecule has 3 rings (SSSR count). The molecule has 248 valence electrons. The average molecular weight is 656 g/mol. The van der Waals surface area contributed by atoms with Crippen LogP contribution in [0, 0.1) is 0 Å². The fourth-order valence-electron chi connectivity index (χ4n) is 4.61. The molecule has 3 heterocycles. The van der Waals surface area contributed by atoms with Gasteiger partial charge in [0.1, 0.15) is 43.2 Å². The van der Waals surface area contributed by atoms with Gasteiger partial charge in [0.15, 0.2) is 6.23 Å². The molecule has 0 saturated carbocycles. The summed E-state index contributed by atoms with van der Waals surface area (Å²) >= 11 is 0. The van der Waals surface area contributed by atoms with Crippen molar-refractivity contribution in [3.8, 4) is 0 Å². The SMILES string of the molecule is CC(=O)N[C@H]1[C@H]([C@H](O)[C@H](O)COC(C)=O)O[C@](OP(=O)(O)OC[C@H]2O[C@@H](n3ccc(N)cc3=O)[C@H](O)[C@@H]2O)(C(=O)O)C[C@@H]1O. The number of nitrogen functional groups attached to an aromatic ring is 1. The number of carbonyl (C=O) groups excluding carboxylic acids is 2. The van der Waals surface area contributed by atoms with E-state index in [4.69, 9.17) is 24.3 Å². The first-order chi connectivity index (χ1) is 20.4. The third-order valence-corrected chi connectivity index (χ3v) is 7.71. The Morgan fingerprint density at radius 2 is 1.89 bits per heavy atom. The molecule has 2 aliphatic rings. The Balaban J connectivity index is 1.79. The molecule has 0 bridgehead atoms. The van der Waals surface area contributed by atoms with E-state index in [0.29, 0.717) is 0 Å². The number of nitrogens with zero attached hydrogens (tertiary/aromatic N) is 1. The molecule has 2 saturated heterocycles. The number of rotatable bonds is 12. The van der Waals surface area contributed by atoms with E-state index < -0.39 is 112 Å². The van der Waals surface area contributed by atoms with Crippen LogP contribution in [0.3, 0.4) is 0 Å². The molecule has 0 radical (unpaired) electrons. The molecular formula is C23H34N3O17P. The molecule has 10 N–H and O–H groups in total. The van der Waals surface area contributed by atoms with Gasteiger partial charge in [-0.2, -0.15) is 0 Å². The number of aromatic nitrogens is 1. The van der Waals surface area contributed by atoms with E-state index in [1.165, 1.54) is 12.3 Å². The average Bonchev–Trinajstić information content (AvgIpc) is 3.19. The van der Waals surface area contributed by atoms with Crippen molar-refractivity contribution in [1.82, 2.24) is 9.88 Å². The Kier molecular flexibility index (Phi) is 11.3. The number of carboxylic acid groups (broad SMARTS) is 1. The number of nitrogens with two attached hydrogens (primary N) is 1. The lowest BCUT2D eigenvalue weighted by molar-refractivity contribution is -0.289. The van der Waals surface area contributed by atoms with Gasteiger partial charge in [-0.05, 0) is 6.07 Å². The van der Waals surface area contributed by atoms with E-state index in [1.54, 1.807) is 0 Å². The van der Waals surface area contributed by atoms with Gasteiger partial charge in [-0.1, -0.05) is 0 Å². The number of pyridine rings is 1. The van der Waals surface area contributed by atoms with Gasteiger partial charge in [0.2, 0.25) is 5.91 Å². The van der Waals surface area contributed by atoms with Crippen molar-refractivity contribution in [3.05, 3.63) is 28.7 Å². The highest BCUT2D eigenvalue weighted by atomic mass is 31.2. The smallest absolute Gasteiger partial charge is 0.475 e. The lowest BCUT2D eigenvalue weighted by Crippen LogP contribution is -2.67. The van der Waals surface area contributed by atoms with Crippen LogP contribution in [0.1, 0.15) is 26.5 Å². The predicted molar refractivity (Wildman–Crippen MR) is 140 cm³/mol. The van der Waals surface area contributed by atoms with Gasteiger partial charge in [-0.25, -0.2) is 13.9 Å². The number of nitrogens with one attached hydrogen (secondary N) is 1. The summed E-state index contributed by atoms with van der Waals surface area (Å²) in [6.07, 6.45) is -14.6. The first-order valence-corrected chi connectivity index (χ1v) is 14.4. The van der Waals surface area contributed by atoms with Crippen molar-refractivity contribution in [1.29, 1.82) is 0 Å². The zero-order valence-corrected chi connectivity index (χ0v) is 24.1. The highest BCUT2D eigenvalue weighted by molar-refractivity contribution is 7.47. The molecule has 20 nitrogen and oxygen atoms in total. The van der Waals surface area contributed by atoms with Crippen LogP contribution in [0.5, 0.6) is 0 Å². The fourth-order valence-corrected chi connectivity index (χ4v) is 5.56. The number of anilines is 1. The third-order valence-electron chi connectivity index (χ3n) is 6.71. The van der Waals surface area contributed by atoms with Crippen molar-refractivity contribution >= 4 is 31.4 Å². The number of phosphoric ester groups is 1. The zero-order chi connectivity index (χ0) is 33.1. The van der Waals surface area contributed by atoms with Gasteiger partial charge in [-0.3, -0.25) is 23.5 Å². The number of aliphatic carboxylic acids is 1. The van der Waals surface area contributed by atoms with E-state index >= 15 is 0 Å². The third kappa shape index (κ3) is 8.17. The van der Waals surface area contributed by atoms with Gasteiger partial charge >= 0.3 is 19.8 Å². The normalized spacial score (nSPS) is 33.1. The maximum absolute atomic E-state index is 12.9. The van der Waals surface area contributed by atoms with Crippen molar-refractivity contribution in [2.45, 2.75) is 81.1 Å². The molecule has 44 heavy (non-hydrogen) atoms. The van der Waals surface area contributed by atoms with Crippen molar-refractivity contribution < 1.29 is 77.7 Å². The summed E-state index contributed by atoms with van der Waals surface area (Å²) in [5.74, 6) is -6.96. The number of ether oxygens (including phenoxy) is 3. The van der Waals surface area contributed by atoms with Gasteiger partial charge in [0, 0.05) is 38.2 Å². The van der Waals surface area contributed by atoms with E-state index in [-0.39, 0.29) is 5.69 Å². The van der Waals surface area contributed by atoms with E-state index in [9.17, 15) is 59.3 Å². The van der Waals surface area contributed by atoms with Crippen molar-refractivity contribution in [2.75, 3.05) is 18.9 Å². The molecule has 11 atom stereocenters. The second-order valence-corrected chi connectivity index (χ2v) is 11.5. The first kappa shape index (κ1) is 35.5. The molecule has 2 fully saturated rings. The minimum atomic E-state index is -5.54. The maximum Gasteiger partial charge on any atom is 0.475 e. The second kappa shape index (κ2) is 14.0. The standard InChI is InChI=1S/C23H34N3O17P/c1-9(27)25-16-12(29)6-23(22(35)36,42-20(16)17(32)13(30)7-39-10(2)28)43-44(37,38)40-8-14-18(33)19(34)21(41-14)26-4-3-11(24)5-15(26)31/h3-5,12-14,16-21,29-30,32-34H,6-8,24H2,1-2H3,(H,25,27)(H,35,36)(H,37,38)/t12-,13+,14+,16+,17+,18+,19+,20+,21+,23+/m0/s1. The van der Waals surface area contributed by atoms with E-state index in [1.807, 2.05) is 0 Å². The molecular weight excluding hydrogens is 621 g/mol. The summed E-state index contributed by atoms with van der Waals surface area (Å²) in [6.45, 7) is 0.185. The number of aliphatic hydroxyl groups excluding tert-OH is 5. The lowest BCUT2D eigenvalue weighted by atomic mass is 9.88. The number of amides is 1. The summed E-state index contributed by atoms with van der Waals surface area (Å²) in [7, 11) is -5.54. The van der Waals surface area contributed by atoms with Crippen LogP contribution in [0.15, 0.2) is 23.1 Å². The van der Waals surface area contributed by atoms with Gasteiger partial charge in [0.25, 0.3) is 11.3 Å². The molecule has 21 heteroatoms. The second-order valence-electron chi connectivity index (χ2n) is 10.1. The minimum Gasteiger partial charge on any atom is -0.477 e. The van der Waals surface area contributed by atoms with Crippen LogP contribution in [0.4, 0.5) is 5.69 Å². The summed E-state index contributed by atoms with van der Waals surface area (Å²) in [5.41, 5.74) is 4.93. The van der Waals surface area contributed by atoms with Gasteiger partial charge < -0.3 is 60.8 Å². The largest absolute Gasteiger partial charge is 0.477 e. The fraction of sp³-hybridized carbons (Fsp3) is 0.652. The Morgan fingerprint density at radius 3 is 2.45 bits per heavy atom. The molecule has 1 aromatic heterocycles. The molecule has 1 unspecified atom stereocenters. The lowest BCUT2D eigenvalue weighted by Gasteiger charge is -2.46. The Morgan fingerprint density at radius 1 is 1.23 bits per heavy atom.